The van der Waals surface area contributed by atoms with Crippen LogP contribution in [0.5, 0.6) is 0 Å². The highest BCUT2D eigenvalue weighted by atomic mass is 79.9. The van der Waals surface area contributed by atoms with Gasteiger partial charge in [-0.15, -0.1) is 0 Å². The van der Waals surface area contributed by atoms with Crippen LogP contribution in [-0.4, -0.2) is 10.1 Å². The lowest BCUT2D eigenvalue weighted by Gasteiger charge is -1.96. The average molecular weight is 278 g/mol. The Hall–Kier alpha value is -1.75. The van der Waals surface area contributed by atoms with Gasteiger partial charge in [-0.1, -0.05) is 27.2 Å². The van der Waals surface area contributed by atoms with E-state index in [0.29, 0.717) is 11.6 Å². The largest absolute Gasteiger partial charge is 0.381 e. The van der Waals surface area contributed by atoms with Gasteiger partial charge < -0.3 is 15.2 Å². The maximum absolute atomic E-state index is 5.54. The van der Waals surface area contributed by atoms with Crippen LogP contribution in [0.25, 0.3) is 22.2 Å². The van der Waals surface area contributed by atoms with Gasteiger partial charge in [0.2, 0.25) is 0 Å². The Labute approximate surface area is 99.6 Å². The molecule has 1 aromatic carbocycles. The first-order chi connectivity index (χ1) is 7.75. The van der Waals surface area contributed by atoms with Gasteiger partial charge in [-0.25, -0.2) is 0 Å². The van der Waals surface area contributed by atoms with Crippen LogP contribution in [-0.2, 0) is 0 Å². The van der Waals surface area contributed by atoms with Crippen molar-refractivity contribution in [1.29, 1.82) is 0 Å². The second-order valence-corrected chi connectivity index (χ2v) is 4.34. The molecule has 0 aliphatic rings. The first-order valence-corrected chi connectivity index (χ1v) is 5.53. The van der Waals surface area contributed by atoms with E-state index in [4.69, 9.17) is 10.3 Å². The van der Waals surface area contributed by atoms with E-state index >= 15 is 0 Å². The number of hydrogen-bond acceptors (Lipinski definition) is 3. The van der Waals surface area contributed by atoms with Crippen LogP contribution >= 0.6 is 15.9 Å². The summed E-state index contributed by atoms with van der Waals surface area (Å²) in [5.74, 6) is 1.05. The van der Waals surface area contributed by atoms with E-state index in [-0.39, 0.29) is 0 Å². The van der Waals surface area contributed by atoms with E-state index in [0.717, 1.165) is 20.9 Å². The quantitative estimate of drug-likeness (QED) is 0.718. The summed E-state index contributed by atoms with van der Waals surface area (Å²) in [7, 11) is 0. The van der Waals surface area contributed by atoms with Crippen molar-refractivity contribution in [3.8, 4) is 11.3 Å². The molecular formula is C11H8BrN3O. The highest BCUT2D eigenvalue weighted by molar-refractivity contribution is 9.10. The fourth-order valence-corrected chi connectivity index (χ4v) is 2.33. The summed E-state index contributed by atoms with van der Waals surface area (Å²) in [5.41, 5.74) is 7.53. The van der Waals surface area contributed by atoms with Crippen LogP contribution in [0, 0.1) is 0 Å². The summed E-state index contributed by atoms with van der Waals surface area (Å²) in [4.78, 5) is 3.18. The molecule has 0 spiro atoms. The average Bonchev–Trinajstić information content (AvgIpc) is 2.84. The third-order valence-corrected chi connectivity index (χ3v) is 3.11. The monoisotopic (exact) mass is 277 g/mol. The molecule has 0 amide bonds. The van der Waals surface area contributed by atoms with Gasteiger partial charge >= 0.3 is 0 Å². The summed E-state index contributed by atoms with van der Waals surface area (Å²) in [6.45, 7) is 0. The Kier molecular flexibility index (Phi) is 2.00. The highest BCUT2D eigenvalue weighted by Crippen LogP contribution is 2.34. The van der Waals surface area contributed by atoms with Crippen LogP contribution in [0.3, 0.4) is 0 Å². The molecule has 0 unspecified atom stereocenters. The summed E-state index contributed by atoms with van der Waals surface area (Å²) >= 11 is 3.52. The molecule has 4 nitrogen and oxygen atoms in total. The minimum atomic E-state index is 0.386. The van der Waals surface area contributed by atoms with Crippen LogP contribution < -0.4 is 5.73 Å². The summed E-state index contributed by atoms with van der Waals surface area (Å²) < 4.78 is 6.17. The maximum atomic E-state index is 5.54. The number of H-pyrrole nitrogens is 1. The molecule has 0 atom stereocenters. The molecule has 3 N–H and O–H groups in total. The molecule has 2 heterocycles. The second kappa shape index (κ2) is 3.38. The molecule has 0 radical (unpaired) electrons. The smallest absolute Gasteiger partial charge is 0.171 e. The van der Waals surface area contributed by atoms with Crippen molar-refractivity contribution in [2.75, 3.05) is 5.73 Å². The predicted octanol–water partition coefficient (Wildman–Crippen LogP) is 3.17. The summed E-state index contributed by atoms with van der Waals surface area (Å²) in [6.07, 6.45) is 1.88. The molecule has 16 heavy (non-hydrogen) atoms. The molecule has 0 saturated carbocycles. The zero-order valence-corrected chi connectivity index (χ0v) is 9.78. The standard InChI is InChI=1S/C11H8BrN3O/c12-7-2-1-3-8-11(7)6(5-14-8)9-4-10(13)15-16-9/h1-5,14H,(H2,13,15). The van der Waals surface area contributed by atoms with Gasteiger partial charge in [0.1, 0.15) is 0 Å². The fraction of sp³-hybridized carbons (Fsp3) is 0. The van der Waals surface area contributed by atoms with Gasteiger partial charge in [0.15, 0.2) is 11.6 Å². The van der Waals surface area contributed by atoms with Gasteiger partial charge in [0, 0.05) is 33.2 Å². The molecule has 0 saturated heterocycles. The molecule has 0 aliphatic heterocycles. The zero-order valence-electron chi connectivity index (χ0n) is 8.20. The Morgan fingerprint density at radius 3 is 3.00 bits per heavy atom. The topological polar surface area (TPSA) is 67.8 Å². The fourth-order valence-electron chi connectivity index (χ4n) is 1.75. The van der Waals surface area contributed by atoms with E-state index in [1.807, 2.05) is 24.4 Å². The van der Waals surface area contributed by atoms with Gasteiger partial charge in [-0.3, -0.25) is 0 Å². The van der Waals surface area contributed by atoms with Crippen molar-refractivity contribution in [3.05, 3.63) is 34.9 Å². The number of nitrogens with two attached hydrogens (primary N) is 1. The van der Waals surface area contributed by atoms with E-state index in [1.165, 1.54) is 0 Å². The van der Waals surface area contributed by atoms with Crippen LogP contribution in [0.1, 0.15) is 0 Å². The minimum absolute atomic E-state index is 0.386. The molecule has 0 bridgehead atoms. The number of anilines is 1. The number of aromatic amines is 1. The van der Waals surface area contributed by atoms with Gasteiger partial charge in [0.05, 0.1) is 0 Å². The van der Waals surface area contributed by atoms with Crippen LogP contribution in [0.4, 0.5) is 5.82 Å². The lowest BCUT2D eigenvalue weighted by Crippen LogP contribution is -1.79. The number of hydrogen-bond donors (Lipinski definition) is 2. The van der Waals surface area contributed by atoms with Crippen molar-refractivity contribution in [2.24, 2.45) is 0 Å². The Balaban J connectivity index is 2.32. The maximum Gasteiger partial charge on any atom is 0.171 e. The molecule has 2 aromatic heterocycles. The highest BCUT2D eigenvalue weighted by Gasteiger charge is 2.12. The van der Waals surface area contributed by atoms with E-state index in [2.05, 4.69) is 26.1 Å². The minimum Gasteiger partial charge on any atom is -0.381 e. The van der Waals surface area contributed by atoms with Gasteiger partial charge in [0.25, 0.3) is 0 Å². The van der Waals surface area contributed by atoms with E-state index in [1.54, 1.807) is 6.07 Å². The number of rotatable bonds is 1. The number of nitrogen functional groups attached to an aromatic ring is 1. The van der Waals surface area contributed by atoms with Crippen molar-refractivity contribution in [1.82, 2.24) is 10.1 Å². The number of benzene rings is 1. The number of halogens is 1. The molecule has 0 aliphatic carbocycles. The van der Waals surface area contributed by atoms with E-state index < -0.39 is 0 Å². The molecule has 80 valence electrons. The van der Waals surface area contributed by atoms with Crippen molar-refractivity contribution < 1.29 is 4.52 Å². The van der Waals surface area contributed by atoms with Crippen molar-refractivity contribution >= 4 is 32.7 Å². The van der Waals surface area contributed by atoms with Crippen molar-refractivity contribution in [2.45, 2.75) is 0 Å². The number of aromatic nitrogens is 2. The Morgan fingerprint density at radius 2 is 2.25 bits per heavy atom. The lowest BCUT2D eigenvalue weighted by molar-refractivity contribution is 0.436. The molecule has 5 heteroatoms. The number of nitrogens with zero attached hydrogens (tertiary/aromatic N) is 1. The number of fused-ring (bicyclic) bond motifs is 1. The normalized spacial score (nSPS) is 11.1. The molecule has 0 fully saturated rings. The first kappa shape index (κ1) is 9.47. The van der Waals surface area contributed by atoms with E-state index in [9.17, 15) is 0 Å². The Bertz CT molecular complexity index is 656. The third kappa shape index (κ3) is 1.32. The summed E-state index contributed by atoms with van der Waals surface area (Å²) in [6, 6.07) is 7.67. The van der Waals surface area contributed by atoms with Crippen LogP contribution in [0.15, 0.2) is 39.5 Å². The number of nitrogens with one attached hydrogen (secondary N) is 1. The third-order valence-electron chi connectivity index (χ3n) is 2.45. The van der Waals surface area contributed by atoms with Gasteiger partial charge in [-0.2, -0.15) is 0 Å². The molecular weight excluding hydrogens is 270 g/mol. The van der Waals surface area contributed by atoms with Gasteiger partial charge in [-0.05, 0) is 12.1 Å². The summed E-state index contributed by atoms with van der Waals surface area (Å²) in [5, 5.41) is 4.75. The zero-order chi connectivity index (χ0) is 11.1. The molecule has 3 aromatic rings. The van der Waals surface area contributed by atoms with Crippen molar-refractivity contribution in [3.63, 3.8) is 0 Å². The second-order valence-electron chi connectivity index (χ2n) is 3.48. The molecule has 3 rings (SSSR count). The first-order valence-electron chi connectivity index (χ1n) is 4.74. The SMILES string of the molecule is Nc1cc(-c2c[nH]c3cccc(Br)c23)on1. The lowest BCUT2D eigenvalue weighted by atomic mass is 10.1. The predicted molar refractivity (Wildman–Crippen MR) is 65.9 cm³/mol. The Morgan fingerprint density at radius 1 is 1.38 bits per heavy atom. The van der Waals surface area contributed by atoms with Crippen LogP contribution in [0.2, 0.25) is 0 Å².